The number of hydrazine groups is 1. The van der Waals surface area contributed by atoms with Gasteiger partial charge in [0.2, 0.25) is 5.90 Å². The Hall–Kier alpha value is -2.73. The minimum atomic E-state index is 0.0439. The van der Waals surface area contributed by atoms with Crippen LogP contribution in [0.15, 0.2) is 75.6 Å². The number of ether oxygens (including phenoxy) is 2. The van der Waals surface area contributed by atoms with Crippen molar-refractivity contribution in [2.24, 2.45) is 4.99 Å². The van der Waals surface area contributed by atoms with Gasteiger partial charge in [-0.1, -0.05) is 51.8 Å². The molecule has 0 amide bonds. The Labute approximate surface area is 215 Å². The van der Waals surface area contributed by atoms with Crippen LogP contribution in [-0.4, -0.2) is 26.2 Å². The first kappa shape index (κ1) is 32.3. The quantitative estimate of drug-likeness (QED) is 0.0708. The maximum atomic E-state index is 5.95. The molecule has 198 valence electrons. The Balaban J connectivity index is 6.34. The highest BCUT2D eigenvalue weighted by Gasteiger charge is 2.11. The third-order valence-corrected chi connectivity index (χ3v) is 4.90. The second-order valence-electron chi connectivity index (χ2n) is 8.47. The average molecular weight is 487 g/mol. The van der Waals surface area contributed by atoms with Crippen molar-refractivity contribution < 1.29 is 9.47 Å². The Morgan fingerprint density at radius 2 is 1.74 bits per heavy atom. The van der Waals surface area contributed by atoms with Crippen LogP contribution in [0.5, 0.6) is 0 Å². The van der Waals surface area contributed by atoms with Crippen LogP contribution in [0.25, 0.3) is 0 Å². The van der Waals surface area contributed by atoms with Crippen molar-refractivity contribution in [2.75, 3.05) is 14.2 Å². The van der Waals surface area contributed by atoms with Crippen LogP contribution in [-0.2, 0) is 9.47 Å². The molecule has 6 nitrogen and oxygen atoms in total. The van der Waals surface area contributed by atoms with Gasteiger partial charge >= 0.3 is 0 Å². The van der Waals surface area contributed by atoms with Gasteiger partial charge in [0, 0.05) is 12.7 Å². The molecule has 0 aromatic carbocycles. The summed E-state index contributed by atoms with van der Waals surface area (Å²) in [5.41, 5.74) is 10.6. The molecule has 3 N–H and O–H groups in total. The summed E-state index contributed by atoms with van der Waals surface area (Å²) in [5, 5.41) is 3.54. The highest BCUT2D eigenvalue weighted by molar-refractivity contribution is 5.88. The number of hydrogen-bond donors (Lipinski definition) is 3. The van der Waals surface area contributed by atoms with Crippen LogP contribution in [0.3, 0.4) is 0 Å². The fourth-order valence-electron chi connectivity index (χ4n) is 3.22. The topological polar surface area (TPSA) is 66.9 Å². The molecule has 0 unspecified atom stereocenters. The number of unbranched alkanes of at least 4 members (excludes halogenated alkanes) is 1. The molecule has 0 saturated carbocycles. The largest absolute Gasteiger partial charge is 0.497 e. The van der Waals surface area contributed by atoms with Crippen LogP contribution in [0.4, 0.5) is 0 Å². The summed E-state index contributed by atoms with van der Waals surface area (Å²) in [5.74, 6) is 2.20. The van der Waals surface area contributed by atoms with E-state index in [0.29, 0.717) is 5.90 Å². The van der Waals surface area contributed by atoms with Crippen molar-refractivity contribution in [2.45, 2.75) is 93.6 Å². The predicted molar refractivity (Wildman–Crippen MR) is 152 cm³/mol. The Bertz CT molecular complexity index is 828. The van der Waals surface area contributed by atoms with E-state index in [1.54, 1.807) is 7.11 Å². The molecule has 0 aliphatic rings. The van der Waals surface area contributed by atoms with Gasteiger partial charge in [-0.3, -0.25) is 0 Å². The first-order chi connectivity index (χ1) is 16.8. The van der Waals surface area contributed by atoms with Crippen LogP contribution in [0, 0.1) is 0 Å². The van der Waals surface area contributed by atoms with Gasteiger partial charge in [-0.2, -0.15) is 4.99 Å². The molecule has 0 saturated heterocycles. The maximum Gasteiger partial charge on any atom is 0.215 e. The number of nitrogens with zero attached hydrogens (tertiary/aromatic N) is 1. The summed E-state index contributed by atoms with van der Waals surface area (Å²) in [6.45, 7) is 16.6. The zero-order valence-electron chi connectivity index (χ0n) is 23.8. The number of nitrogens with one attached hydrogen (secondary N) is 3. The minimum Gasteiger partial charge on any atom is -0.497 e. The number of methoxy groups -OCH3 is 1. The summed E-state index contributed by atoms with van der Waals surface area (Å²) in [7, 11) is 3.57. The fraction of sp³-hybridized carbons (Fsp3) is 0.552. The van der Waals surface area contributed by atoms with Crippen molar-refractivity contribution in [3.05, 3.63) is 70.6 Å². The molecule has 0 atom stereocenters. The van der Waals surface area contributed by atoms with Crippen molar-refractivity contribution in [3.63, 3.8) is 0 Å². The molecule has 0 heterocycles. The third kappa shape index (κ3) is 13.7. The van der Waals surface area contributed by atoms with Gasteiger partial charge in [-0.25, -0.2) is 5.43 Å². The number of hydrogen-bond acceptors (Lipinski definition) is 6. The normalized spacial score (nSPS) is 15.0. The van der Waals surface area contributed by atoms with E-state index in [1.807, 2.05) is 46.0 Å². The van der Waals surface area contributed by atoms with Gasteiger partial charge in [0.05, 0.1) is 18.9 Å². The maximum absolute atomic E-state index is 5.95. The van der Waals surface area contributed by atoms with E-state index in [0.717, 1.165) is 66.2 Å². The monoisotopic (exact) mass is 486 g/mol. The summed E-state index contributed by atoms with van der Waals surface area (Å²) >= 11 is 0. The molecule has 0 aliphatic heterocycles. The van der Waals surface area contributed by atoms with Crippen LogP contribution in [0.2, 0.25) is 0 Å². The number of aliphatic imine (C=N–C) groups is 1. The molecule has 0 spiro atoms. The lowest BCUT2D eigenvalue weighted by molar-refractivity contribution is 0.230. The highest BCUT2D eigenvalue weighted by atomic mass is 16.5. The predicted octanol–water partition coefficient (Wildman–Crippen LogP) is 7.19. The van der Waals surface area contributed by atoms with E-state index in [-0.39, 0.29) is 6.10 Å². The summed E-state index contributed by atoms with van der Waals surface area (Å²) < 4.78 is 11.5. The van der Waals surface area contributed by atoms with Crippen molar-refractivity contribution in [3.8, 4) is 0 Å². The molecule has 0 rings (SSSR count). The van der Waals surface area contributed by atoms with Gasteiger partial charge in [0.15, 0.2) is 0 Å². The lowest BCUT2D eigenvalue weighted by Gasteiger charge is -2.20. The Kier molecular flexibility index (Phi) is 18.0. The SMILES string of the molecule is C\C=C(/N=C(/C=C/CCC)OC(C)C)N\C(CCC)=C(NNC)/C(C)=C/C=C(OC)\C(C)=C\CC. The molecule has 0 aromatic rings. The van der Waals surface area contributed by atoms with Crippen molar-refractivity contribution in [1.82, 2.24) is 16.2 Å². The molecule has 35 heavy (non-hydrogen) atoms. The summed E-state index contributed by atoms with van der Waals surface area (Å²) in [6, 6.07) is 0. The molecule has 0 aliphatic carbocycles. The van der Waals surface area contributed by atoms with Gasteiger partial charge in [0.1, 0.15) is 11.6 Å². The smallest absolute Gasteiger partial charge is 0.215 e. The van der Waals surface area contributed by atoms with Crippen molar-refractivity contribution in [1.29, 1.82) is 0 Å². The first-order valence-electron chi connectivity index (χ1n) is 12.9. The summed E-state index contributed by atoms with van der Waals surface area (Å²) in [4.78, 5) is 4.78. The zero-order valence-corrected chi connectivity index (χ0v) is 23.8. The van der Waals surface area contributed by atoms with Gasteiger partial charge in [-0.15, -0.1) is 0 Å². The average Bonchev–Trinajstić information content (AvgIpc) is 2.81. The van der Waals surface area contributed by atoms with E-state index < -0.39 is 0 Å². The lowest BCUT2D eigenvalue weighted by atomic mass is 10.1. The van der Waals surface area contributed by atoms with Gasteiger partial charge in [0.25, 0.3) is 0 Å². The molecule has 0 radical (unpaired) electrons. The van der Waals surface area contributed by atoms with Crippen LogP contribution < -0.4 is 16.2 Å². The number of rotatable bonds is 16. The second kappa shape index (κ2) is 19.6. The minimum absolute atomic E-state index is 0.0439. The fourth-order valence-corrected chi connectivity index (χ4v) is 3.22. The molecule has 6 heteroatoms. The second-order valence-corrected chi connectivity index (χ2v) is 8.47. The van der Waals surface area contributed by atoms with Crippen LogP contribution >= 0.6 is 0 Å². The van der Waals surface area contributed by atoms with Crippen LogP contribution in [0.1, 0.15) is 87.5 Å². The zero-order chi connectivity index (χ0) is 26.6. The lowest BCUT2D eigenvalue weighted by Crippen LogP contribution is -2.31. The summed E-state index contributed by atoms with van der Waals surface area (Å²) in [6.07, 6.45) is 17.2. The van der Waals surface area contributed by atoms with Gasteiger partial charge in [-0.05, 0) is 83.3 Å². The van der Waals surface area contributed by atoms with E-state index in [4.69, 9.17) is 14.5 Å². The molecular formula is C29H50N4O2. The Morgan fingerprint density at radius 3 is 2.26 bits per heavy atom. The van der Waals surface area contributed by atoms with E-state index in [2.05, 4.69) is 69.0 Å². The number of allylic oxidation sites excluding steroid dienone is 8. The Morgan fingerprint density at radius 1 is 1.03 bits per heavy atom. The highest BCUT2D eigenvalue weighted by Crippen LogP contribution is 2.18. The van der Waals surface area contributed by atoms with Crippen molar-refractivity contribution >= 4 is 5.90 Å². The van der Waals surface area contributed by atoms with E-state index in [1.165, 1.54) is 0 Å². The first-order valence-corrected chi connectivity index (χ1v) is 12.9. The molecule has 0 aromatic heterocycles. The third-order valence-electron chi connectivity index (χ3n) is 4.90. The van der Waals surface area contributed by atoms with E-state index in [9.17, 15) is 0 Å². The molecule has 0 fully saturated rings. The molecule has 0 bridgehead atoms. The van der Waals surface area contributed by atoms with Gasteiger partial charge < -0.3 is 20.2 Å². The molecular weight excluding hydrogens is 436 g/mol. The van der Waals surface area contributed by atoms with E-state index >= 15 is 0 Å². The standard InChI is InChI=1S/C29H50N4O2/c1-11-15-16-19-28(35-22(5)6)32-27(14-4)31-25(18-13-3)29(33-30-9)24(8)20-21-26(34-10)23(7)17-12-2/h14,16-17,19-22,30-31,33H,11-13,15,18H2,1-10H3/b19-16+,23-17+,24-20+,26-21+,27-14-,29-25+,32-28-.